The van der Waals surface area contributed by atoms with Crippen LogP contribution in [-0.2, 0) is 4.79 Å². The molecule has 2 N–H and O–H groups in total. The number of phenols is 1. The van der Waals surface area contributed by atoms with Gasteiger partial charge in [0, 0.05) is 18.7 Å². The summed E-state index contributed by atoms with van der Waals surface area (Å²) >= 11 is 1.98. The number of halogens is 1. The minimum atomic E-state index is -0.594. The molecule has 1 aromatic carbocycles. The number of hydrogen-bond acceptors (Lipinski definition) is 3. The quantitative estimate of drug-likeness (QED) is 0.756. The molecule has 110 valence electrons. The Morgan fingerprint density at radius 3 is 2.45 bits per heavy atom. The molecule has 0 heterocycles. The summed E-state index contributed by atoms with van der Waals surface area (Å²) in [5.74, 6) is -0.427. The van der Waals surface area contributed by atoms with E-state index >= 15 is 0 Å². The number of carbonyl (C=O) groups is 2. The molecule has 0 aliphatic rings. The first-order chi connectivity index (χ1) is 9.40. The third-order valence-electron chi connectivity index (χ3n) is 3.00. The van der Waals surface area contributed by atoms with Crippen molar-refractivity contribution >= 4 is 34.4 Å². The second kappa shape index (κ2) is 7.47. The smallest absolute Gasteiger partial charge is 0.252 e. The summed E-state index contributed by atoms with van der Waals surface area (Å²) in [5.41, 5.74) is 0.335. The van der Waals surface area contributed by atoms with E-state index in [9.17, 15) is 14.7 Å². The lowest BCUT2D eigenvalue weighted by Crippen LogP contribution is -2.46. The van der Waals surface area contributed by atoms with E-state index in [1.165, 1.54) is 6.07 Å². The zero-order valence-corrected chi connectivity index (χ0v) is 14.0. The van der Waals surface area contributed by atoms with Crippen molar-refractivity contribution in [2.24, 2.45) is 0 Å². The minimum absolute atomic E-state index is 0.0565. The second-order valence-corrected chi connectivity index (χ2v) is 5.53. The van der Waals surface area contributed by atoms with Gasteiger partial charge in [-0.3, -0.25) is 9.59 Å². The average molecular weight is 390 g/mol. The van der Waals surface area contributed by atoms with Gasteiger partial charge < -0.3 is 15.3 Å². The van der Waals surface area contributed by atoms with E-state index in [4.69, 9.17) is 0 Å². The van der Waals surface area contributed by atoms with Gasteiger partial charge in [-0.05, 0) is 61.6 Å². The van der Waals surface area contributed by atoms with E-state index in [2.05, 4.69) is 5.32 Å². The van der Waals surface area contributed by atoms with Crippen molar-refractivity contribution < 1.29 is 14.7 Å². The van der Waals surface area contributed by atoms with Crippen molar-refractivity contribution in [3.8, 4) is 5.75 Å². The summed E-state index contributed by atoms with van der Waals surface area (Å²) in [6, 6.07) is 4.07. The van der Waals surface area contributed by atoms with Gasteiger partial charge in [0.1, 0.15) is 11.8 Å². The second-order valence-electron chi connectivity index (χ2n) is 4.37. The number of rotatable bonds is 5. The van der Waals surface area contributed by atoms with E-state index in [1.807, 2.05) is 36.4 Å². The number of carbonyl (C=O) groups excluding carboxylic acids is 2. The van der Waals surface area contributed by atoms with Gasteiger partial charge in [-0.15, -0.1) is 0 Å². The molecule has 0 saturated carbocycles. The molecule has 2 amide bonds. The van der Waals surface area contributed by atoms with Crippen LogP contribution in [0.5, 0.6) is 5.75 Å². The van der Waals surface area contributed by atoms with Gasteiger partial charge >= 0.3 is 0 Å². The Morgan fingerprint density at radius 1 is 1.35 bits per heavy atom. The fraction of sp³-hybridized carbons (Fsp3) is 0.429. The first-order valence-corrected chi connectivity index (χ1v) is 7.56. The largest absolute Gasteiger partial charge is 0.507 e. The van der Waals surface area contributed by atoms with Crippen LogP contribution < -0.4 is 5.32 Å². The number of hydrogen-bond donors (Lipinski definition) is 2. The highest BCUT2D eigenvalue weighted by Gasteiger charge is 2.20. The predicted octanol–water partition coefficient (Wildman–Crippen LogP) is 1.98. The maximum atomic E-state index is 12.1. The zero-order chi connectivity index (χ0) is 15.3. The highest BCUT2D eigenvalue weighted by molar-refractivity contribution is 14.1. The number of nitrogens with one attached hydrogen (secondary N) is 1. The fourth-order valence-electron chi connectivity index (χ4n) is 1.80. The Kier molecular flexibility index (Phi) is 6.25. The van der Waals surface area contributed by atoms with Crippen LogP contribution in [0, 0.1) is 3.57 Å². The topological polar surface area (TPSA) is 69.6 Å². The standard InChI is InChI=1S/C14H19IN2O3/c1-4-17(5-2)14(20)9(3)16-13(19)10-6-7-11(15)12(18)8-10/h6-9,18H,4-5H2,1-3H3,(H,16,19). The summed E-state index contributed by atoms with van der Waals surface area (Å²) in [6.45, 7) is 6.67. The van der Waals surface area contributed by atoms with E-state index in [0.717, 1.165) is 0 Å². The Bertz CT molecular complexity index is 501. The molecule has 0 aliphatic heterocycles. The fourth-order valence-corrected chi connectivity index (χ4v) is 2.14. The van der Waals surface area contributed by atoms with Gasteiger partial charge in [0.05, 0.1) is 3.57 Å². The molecular weight excluding hydrogens is 371 g/mol. The van der Waals surface area contributed by atoms with Crippen molar-refractivity contribution in [3.63, 3.8) is 0 Å². The summed E-state index contributed by atoms with van der Waals surface area (Å²) in [7, 11) is 0. The van der Waals surface area contributed by atoms with Crippen molar-refractivity contribution in [3.05, 3.63) is 27.3 Å². The van der Waals surface area contributed by atoms with E-state index < -0.39 is 6.04 Å². The number of likely N-dealkylation sites (N-methyl/N-ethyl adjacent to an activating group) is 1. The first-order valence-electron chi connectivity index (χ1n) is 6.48. The van der Waals surface area contributed by atoms with Gasteiger partial charge in [-0.2, -0.15) is 0 Å². The highest BCUT2D eigenvalue weighted by atomic mass is 127. The lowest BCUT2D eigenvalue weighted by molar-refractivity contribution is -0.132. The van der Waals surface area contributed by atoms with Crippen molar-refractivity contribution in [2.45, 2.75) is 26.8 Å². The molecule has 0 aromatic heterocycles. The molecule has 1 aromatic rings. The molecule has 0 radical (unpaired) electrons. The summed E-state index contributed by atoms with van der Waals surface area (Å²) in [6.07, 6.45) is 0. The van der Waals surface area contributed by atoms with E-state index in [0.29, 0.717) is 22.2 Å². The molecule has 0 aliphatic carbocycles. The molecular formula is C14H19IN2O3. The third-order valence-corrected chi connectivity index (χ3v) is 3.91. The lowest BCUT2D eigenvalue weighted by atomic mass is 10.2. The number of aromatic hydroxyl groups is 1. The predicted molar refractivity (Wildman–Crippen MR) is 85.7 cm³/mol. The van der Waals surface area contributed by atoms with Crippen molar-refractivity contribution in [2.75, 3.05) is 13.1 Å². The summed E-state index contributed by atoms with van der Waals surface area (Å²) in [4.78, 5) is 25.7. The molecule has 0 spiro atoms. The SMILES string of the molecule is CCN(CC)C(=O)C(C)NC(=O)c1ccc(I)c(O)c1. The van der Waals surface area contributed by atoms with Gasteiger partial charge in [0.25, 0.3) is 5.91 Å². The number of amides is 2. The molecule has 5 nitrogen and oxygen atoms in total. The van der Waals surface area contributed by atoms with Crippen LogP contribution in [0.3, 0.4) is 0 Å². The number of phenolic OH excluding ortho intramolecular Hbond substituents is 1. The van der Waals surface area contributed by atoms with Gasteiger partial charge in [-0.1, -0.05) is 0 Å². The lowest BCUT2D eigenvalue weighted by Gasteiger charge is -2.23. The van der Waals surface area contributed by atoms with Gasteiger partial charge in [0.2, 0.25) is 5.91 Å². The Hall–Kier alpha value is -1.31. The van der Waals surface area contributed by atoms with Crippen LogP contribution in [0.2, 0.25) is 0 Å². The minimum Gasteiger partial charge on any atom is -0.507 e. The molecule has 0 saturated heterocycles. The number of benzene rings is 1. The Morgan fingerprint density at radius 2 is 1.95 bits per heavy atom. The third kappa shape index (κ3) is 4.09. The van der Waals surface area contributed by atoms with Crippen LogP contribution >= 0.6 is 22.6 Å². The summed E-state index contributed by atoms with van der Waals surface area (Å²) in [5, 5.41) is 12.2. The van der Waals surface area contributed by atoms with Crippen LogP contribution in [0.15, 0.2) is 18.2 Å². The van der Waals surface area contributed by atoms with Crippen LogP contribution in [0.4, 0.5) is 0 Å². The Balaban J connectivity index is 2.74. The highest BCUT2D eigenvalue weighted by Crippen LogP contribution is 2.20. The monoisotopic (exact) mass is 390 g/mol. The van der Waals surface area contributed by atoms with E-state index in [-0.39, 0.29) is 17.6 Å². The zero-order valence-electron chi connectivity index (χ0n) is 11.8. The number of nitrogens with zero attached hydrogens (tertiary/aromatic N) is 1. The molecule has 1 atom stereocenters. The van der Waals surface area contributed by atoms with Crippen LogP contribution in [0.25, 0.3) is 0 Å². The molecule has 0 fully saturated rings. The molecule has 0 bridgehead atoms. The Labute approximate surface area is 132 Å². The summed E-state index contributed by atoms with van der Waals surface area (Å²) < 4.78 is 0.673. The first kappa shape index (κ1) is 16.7. The van der Waals surface area contributed by atoms with Crippen LogP contribution in [-0.4, -0.2) is 41.0 Å². The molecule has 1 rings (SSSR count). The molecule has 6 heteroatoms. The molecule has 20 heavy (non-hydrogen) atoms. The van der Waals surface area contributed by atoms with Crippen LogP contribution in [0.1, 0.15) is 31.1 Å². The van der Waals surface area contributed by atoms with Gasteiger partial charge in [-0.25, -0.2) is 0 Å². The van der Waals surface area contributed by atoms with Crippen molar-refractivity contribution in [1.29, 1.82) is 0 Å². The average Bonchev–Trinajstić information content (AvgIpc) is 2.42. The maximum absolute atomic E-state index is 12.1. The van der Waals surface area contributed by atoms with E-state index in [1.54, 1.807) is 24.0 Å². The normalized spacial score (nSPS) is 11.8. The van der Waals surface area contributed by atoms with Gasteiger partial charge in [0.15, 0.2) is 0 Å². The van der Waals surface area contributed by atoms with Crippen molar-refractivity contribution in [1.82, 2.24) is 10.2 Å². The molecule has 1 unspecified atom stereocenters. The maximum Gasteiger partial charge on any atom is 0.252 e.